The van der Waals surface area contributed by atoms with Crippen molar-refractivity contribution in [1.82, 2.24) is 9.80 Å². The van der Waals surface area contributed by atoms with Crippen LogP contribution in [0, 0.1) is 25.2 Å². The molecule has 1 amide bonds. The average molecular weight is 379 g/mol. The maximum absolute atomic E-state index is 13.1. The van der Waals surface area contributed by atoms with Crippen LogP contribution in [0.2, 0.25) is 0 Å². The molecule has 0 bridgehead atoms. The number of aliphatic hydroxyl groups excluding tert-OH is 1. The molecule has 28 heavy (non-hydrogen) atoms. The van der Waals surface area contributed by atoms with E-state index < -0.39 is 0 Å². The van der Waals surface area contributed by atoms with Crippen molar-refractivity contribution in [1.29, 1.82) is 0 Å². The maximum atomic E-state index is 13.1. The Bertz CT molecular complexity index is 851. The molecule has 2 fully saturated rings. The zero-order valence-electron chi connectivity index (χ0n) is 16.9. The van der Waals surface area contributed by atoms with E-state index in [1.54, 1.807) is 0 Å². The van der Waals surface area contributed by atoms with Crippen LogP contribution in [-0.4, -0.2) is 53.6 Å². The van der Waals surface area contributed by atoms with Gasteiger partial charge in [-0.3, -0.25) is 9.69 Å². The maximum Gasteiger partial charge on any atom is 0.253 e. The molecule has 4 nitrogen and oxygen atoms in total. The highest BCUT2D eigenvalue weighted by atomic mass is 16.3. The van der Waals surface area contributed by atoms with E-state index in [9.17, 15) is 9.90 Å². The van der Waals surface area contributed by atoms with E-state index in [1.807, 2.05) is 29.2 Å². The standard InChI is InChI=1S/C24H30N2O2/c1-18-8-9-21(12-19(18)2)23(28)26-11-10-24(17-27)16-25(14-22(24)15-26)13-20-6-4-3-5-7-20/h3-9,12,22,27H,10-11,13-17H2,1-2H3. The zero-order valence-corrected chi connectivity index (χ0v) is 16.9. The van der Waals surface area contributed by atoms with Crippen molar-refractivity contribution in [3.63, 3.8) is 0 Å². The van der Waals surface area contributed by atoms with Crippen molar-refractivity contribution in [3.05, 3.63) is 70.8 Å². The normalized spacial score (nSPS) is 25.0. The molecular formula is C24H30N2O2. The second-order valence-electron chi connectivity index (χ2n) is 8.67. The van der Waals surface area contributed by atoms with E-state index in [0.29, 0.717) is 5.92 Å². The number of carbonyl (C=O) groups excluding carboxylic acids is 1. The third-order valence-electron chi connectivity index (χ3n) is 6.81. The number of aryl methyl sites for hydroxylation is 2. The molecular weight excluding hydrogens is 348 g/mol. The van der Waals surface area contributed by atoms with Gasteiger partial charge in [-0.15, -0.1) is 0 Å². The predicted molar refractivity (Wildman–Crippen MR) is 111 cm³/mol. The second-order valence-corrected chi connectivity index (χ2v) is 8.67. The van der Waals surface area contributed by atoms with E-state index in [0.717, 1.165) is 50.3 Å². The van der Waals surface area contributed by atoms with Gasteiger partial charge in [-0.1, -0.05) is 36.4 Å². The van der Waals surface area contributed by atoms with Crippen LogP contribution in [-0.2, 0) is 6.54 Å². The number of piperidine rings is 1. The van der Waals surface area contributed by atoms with Crippen molar-refractivity contribution in [3.8, 4) is 0 Å². The molecule has 0 saturated carbocycles. The minimum atomic E-state index is -0.0746. The van der Waals surface area contributed by atoms with Gasteiger partial charge < -0.3 is 10.0 Å². The fraction of sp³-hybridized carbons (Fsp3) is 0.458. The Labute approximate surface area is 167 Å². The Morgan fingerprint density at radius 2 is 1.89 bits per heavy atom. The van der Waals surface area contributed by atoms with Crippen LogP contribution in [0.1, 0.15) is 33.5 Å². The first-order valence-electron chi connectivity index (χ1n) is 10.2. The summed E-state index contributed by atoms with van der Waals surface area (Å²) in [6.45, 7) is 8.54. The number of rotatable bonds is 4. The summed E-state index contributed by atoms with van der Waals surface area (Å²) in [5.41, 5.74) is 4.37. The SMILES string of the molecule is Cc1ccc(C(=O)N2CCC3(CO)CN(Cc4ccccc4)CC3C2)cc1C. The molecule has 2 unspecified atom stereocenters. The summed E-state index contributed by atoms with van der Waals surface area (Å²) in [4.78, 5) is 17.5. The number of carbonyl (C=O) groups is 1. The zero-order chi connectivity index (χ0) is 19.7. The highest BCUT2D eigenvalue weighted by Crippen LogP contribution is 2.43. The molecule has 0 aromatic heterocycles. The fourth-order valence-electron chi connectivity index (χ4n) is 4.86. The van der Waals surface area contributed by atoms with Crippen molar-refractivity contribution < 1.29 is 9.90 Å². The molecule has 2 atom stereocenters. The van der Waals surface area contributed by atoms with Crippen molar-refractivity contribution >= 4 is 5.91 Å². The van der Waals surface area contributed by atoms with Crippen molar-refractivity contribution in [2.75, 3.05) is 32.8 Å². The smallest absolute Gasteiger partial charge is 0.253 e. The third kappa shape index (κ3) is 3.59. The Kier molecular flexibility index (Phi) is 5.26. The first kappa shape index (κ1) is 19.2. The Hall–Kier alpha value is -2.17. The van der Waals surface area contributed by atoms with E-state index in [4.69, 9.17) is 0 Å². The number of fused-ring (bicyclic) bond motifs is 1. The summed E-state index contributed by atoms with van der Waals surface area (Å²) in [5.74, 6) is 0.446. The van der Waals surface area contributed by atoms with Gasteiger partial charge in [-0.25, -0.2) is 0 Å². The Balaban J connectivity index is 1.47. The first-order chi connectivity index (χ1) is 13.5. The molecule has 148 valence electrons. The number of hydrogen-bond acceptors (Lipinski definition) is 3. The number of hydrogen-bond donors (Lipinski definition) is 1. The lowest BCUT2D eigenvalue weighted by Crippen LogP contribution is -2.50. The number of likely N-dealkylation sites (tertiary alicyclic amines) is 2. The fourth-order valence-corrected chi connectivity index (χ4v) is 4.86. The van der Waals surface area contributed by atoms with Gasteiger partial charge in [0.15, 0.2) is 0 Å². The molecule has 2 aliphatic rings. The van der Waals surface area contributed by atoms with Crippen molar-refractivity contribution in [2.24, 2.45) is 11.3 Å². The summed E-state index contributed by atoms with van der Waals surface area (Å²) in [6.07, 6.45) is 0.871. The van der Waals surface area contributed by atoms with E-state index in [-0.39, 0.29) is 17.9 Å². The van der Waals surface area contributed by atoms with E-state index in [1.165, 1.54) is 11.1 Å². The third-order valence-corrected chi connectivity index (χ3v) is 6.81. The number of aliphatic hydroxyl groups is 1. The number of nitrogens with zero attached hydrogens (tertiary/aromatic N) is 2. The highest BCUT2D eigenvalue weighted by Gasteiger charge is 2.49. The molecule has 4 rings (SSSR count). The monoisotopic (exact) mass is 378 g/mol. The quantitative estimate of drug-likeness (QED) is 0.888. The molecule has 2 aliphatic heterocycles. The van der Waals surface area contributed by atoms with Gasteiger partial charge in [0.1, 0.15) is 0 Å². The highest BCUT2D eigenvalue weighted by molar-refractivity contribution is 5.94. The van der Waals surface area contributed by atoms with Crippen LogP contribution in [0.5, 0.6) is 0 Å². The largest absolute Gasteiger partial charge is 0.396 e. The molecule has 2 saturated heterocycles. The molecule has 2 aromatic rings. The number of amides is 1. The Morgan fingerprint density at radius 3 is 2.61 bits per heavy atom. The van der Waals surface area contributed by atoms with E-state index in [2.05, 4.69) is 43.0 Å². The molecule has 1 N–H and O–H groups in total. The predicted octanol–water partition coefficient (Wildman–Crippen LogP) is 3.26. The molecule has 2 aromatic carbocycles. The average Bonchev–Trinajstić information content (AvgIpc) is 3.07. The Morgan fingerprint density at radius 1 is 1.11 bits per heavy atom. The van der Waals surface area contributed by atoms with Gasteiger partial charge in [-0.05, 0) is 55.0 Å². The molecule has 2 heterocycles. The summed E-state index contributed by atoms with van der Waals surface area (Å²) >= 11 is 0. The van der Waals surface area contributed by atoms with Crippen LogP contribution < -0.4 is 0 Å². The van der Waals surface area contributed by atoms with Crippen LogP contribution in [0.25, 0.3) is 0 Å². The van der Waals surface area contributed by atoms with Crippen molar-refractivity contribution in [2.45, 2.75) is 26.8 Å². The molecule has 0 aliphatic carbocycles. The summed E-state index contributed by atoms with van der Waals surface area (Å²) in [7, 11) is 0. The molecule has 0 spiro atoms. The van der Waals surface area contributed by atoms with Gasteiger partial charge in [0.05, 0.1) is 6.61 Å². The lowest BCUT2D eigenvalue weighted by molar-refractivity contribution is 0.0177. The first-order valence-corrected chi connectivity index (χ1v) is 10.2. The summed E-state index contributed by atoms with van der Waals surface area (Å²) in [6, 6.07) is 16.5. The summed E-state index contributed by atoms with van der Waals surface area (Å²) < 4.78 is 0. The molecule has 0 radical (unpaired) electrons. The van der Waals surface area contributed by atoms with E-state index >= 15 is 0 Å². The second kappa shape index (κ2) is 7.69. The van der Waals surface area contributed by atoms with Gasteiger partial charge in [0.2, 0.25) is 0 Å². The van der Waals surface area contributed by atoms with Gasteiger partial charge in [0.25, 0.3) is 5.91 Å². The van der Waals surface area contributed by atoms with Crippen LogP contribution in [0.15, 0.2) is 48.5 Å². The lowest BCUT2D eigenvalue weighted by atomic mass is 9.73. The van der Waals surface area contributed by atoms with Gasteiger partial charge >= 0.3 is 0 Å². The van der Waals surface area contributed by atoms with Crippen LogP contribution in [0.4, 0.5) is 0 Å². The minimum absolute atomic E-state index is 0.0746. The lowest BCUT2D eigenvalue weighted by Gasteiger charge is -2.42. The van der Waals surface area contributed by atoms with Gasteiger partial charge in [-0.2, -0.15) is 0 Å². The van der Waals surface area contributed by atoms with Crippen LogP contribution in [0.3, 0.4) is 0 Å². The summed E-state index contributed by atoms with van der Waals surface area (Å²) in [5, 5.41) is 10.2. The van der Waals surface area contributed by atoms with Crippen LogP contribution >= 0.6 is 0 Å². The van der Waals surface area contributed by atoms with Gasteiger partial charge in [0, 0.05) is 43.7 Å². The minimum Gasteiger partial charge on any atom is -0.396 e. The molecule has 4 heteroatoms. The number of benzene rings is 2. The topological polar surface area (TPSA) is 43.8 Å².